The lowest BCUT2D eigenvalue weighted by Gasteiger charge is -2.34. The summed E-state index contributed by atoms with van der Waals surface area (Å²) >= 11 is 0. The number of anilines is 2. The van der Waals surface area contributed by atoms with Crippen LogP contribution in [0.25, 0.3) is 0 Å². The zero-order valence-corrected chi connectivity index (χ0v) is 13.3. The molecule has 1 aliphatic heterocycles. The summed E-state index contributed by atoms with van der Waals surface area (Å²) in [5.74, 6) is 0.330. The molecule has 0 bridgehead atoms. The average Bonchev–Trinajstić information content (AvgIpc) is 2.47. The number of para-hydroxylation sites is 1. The number of aliphatic hydroxyl groups excluding tert-OH is 1. The van der Waals surface area contributed by atoms with Crippen LogP contribution in [0, 0.1) is 5.92 Å². The minimum absolute atomic E-state index is 0.147. The molecular weight excluding hydrogens is 290 g/mol. The number of nitrogens with two attached hydrogens (primary N) is 1. The van der Waals surface area contributed by atoms with Gasteiger partial charge in [-0.25, -0.2) is 12.7 Å². The smallest absolute Gasteiger partial charge is 0.244 e. The summed E-state index contributed by atoms with van der Waals surface area (Å²) < 4.78 is 25.7. The first-order chi connectivity index (χ1) is 9.87. The second-order valence-electron chi connectivity index (χ2n) is 5.59. The highest BCUT2D eigenvalue weighted by Crippen LogP contribution is 2.33. The Balaban J connectivity index is 2.31. The minimum Gasteiger partial charge on any atom is -0.396 e. The second-order valence-corrected chi connectivity index (χ2v) is 7.71. The predicted molar refractivity (Wildman–Crippen MR) is 83.8 cm³/mol. The van der Waals surface area contributed by atoms with Crippen molar-refractivity contribution >= 4 is 21.4 Å². The van der Waals surface area contributed by atoms with Crippen molar-refractivity contribution < 1.29 is 13.5 Å². The predicted octanol–water partition coefficient (Wildman–Crippen LogP) is 0.728. The molecule has 0 amide bonds. The van der Waals surface area contributed by atoms with Crippen molar-refractivity contribution in [3.05, 3.63) is 18.2 Å². The summed E-state index contributed by atoms with van der Waals surface area (Å²) in [6.45, 7) is 1.76. The van der Waals surface area contributed by atoms with Crippen LogP contribution >= 0.6 is 0 Å². The third-order valence-electron chi connectivity index (χ3n) is 4.02. The van der Waals surface area contributed by atoms with Crippen molar-refractivity contribution in [2.45, 2.75) is 17.7 Å². The Morgan fingerprint density at radius 2 is 1.95 bits per heavy atom. The Hall–Kier alpha value is -1.31. The number of hydrogen-bond donors (Lipinski definition) is 2. The molecule has 1 aromatic carbocycles. The highest BCUT2D eigenvalue weighted by Gasteiger charge is 2.25. The lowest BCUT2D eigenvalue weighted by molar-refractivity contribution is 0.203. The molecule has 0 spiro atoms. The van der Waals surface area contributed by atoms with E-state index >= 15 is 0 Å². The Morgan fingerprint density at radius 3 is 2.48 bits per heavy atom. The number of aliphatic hydroxyl groups is 1. The van der Waals surface area contributed by atoms with Crippen LogP contribution in [0.1, 0.15) is 12.8 Å². The molecule has 1 aliphatic rings. The lowest BCUT2D eigenvalue weighted by atomic mass is 9.97. The molecule has 7 heteroatoms. The molecule has 6 nitrogen and oxygen atoms in total. The van der Waals surface area contributed by atoms with E-state index < -0.39 is 10.0 Å². The quantitative estimate of drug-likeness (QED) is 0.800. The molecule has 21 heavy (non-hydrogen) atoms. The number of nitrogens with zero attached hydrogens (tertiary/aromatic N) is 2. The minimum atomic E-state index is -3.54. The van der Waals surface area contributed by atoms with Gasteiger partial charge >= 0.3 is 0 Å². The Bertz CT molecular complexity index is 593. The van der Waals surface area contributed by atoms with Crippen molar-refractivity contribution in [2.75, 3.05) is 44.4 Å². The van der Waals surface area contributed by atoms with Crippen molar-refractivity contribution in [1.82, 2.24) is 4.31 Å². The maximum absolute atomic E-state index is 12.3. The molecule has 1 aromatic rings. The van der Waals surface area contributed by atoms with Crippen molar-refractivity contribution in [2.24, 2.45) is 5.92 Å². The van der Waals surface area contributed by atoms with Gasteiger partial charge in [0, 0.05) is 33.8 Å². The van der Waals surface area contributed by atoms with Gasteiger partial charge in [-0.2, -0.15) is 0 Å². The number of rotatable bonds is 4. The number of nitrogen functional groups attached to an aromatic ring is 1. The number of benzene rings is 1. The van der Waals surface area contributed by atoms with Gasteiger partial charge in [0.2, 0.25) is 10.0 Å². The van der Waals surface area contributed by atoms with Gasteiger partial charge in [-0.05, 0) is 30.9 Å². The van der Waals surface area contributed by atoms with Crippen molar-refractivity contribution in [3.8, 4) is 0 Å². The average molecular weight is 313 g/mol. The molecule has 3 N–H and O–H groups in total. The standard InChI is InChI=1S/C14H23N3O3S/c1-16(2)21(19,20)13-5-3-4-12(14(13)15)17-8-6-11(10-18)7-9-17/h3-5,11,18H,6-10,15H2,1-2H3. The van der Waals surface area contributed by atoms with Crippen LogP contribution in [-0.4, -0.2) is 51.6 Å². The van der Waals surface area contributed by atoms with E-state index in [0.717, 1.165) is 31.6 Å². The molecular formula is C14H23N3O3S. The van der Waals surface area contributed by atoms with E-state index in [9.17, 15) is 13.5 Å². The first-order valence-electron chi connectivity index (χ1n) is 7.04. The van der Waals surface area contributed by atoms with Crippen LogP contribution in [0.3, 0.4) is 0 Å². The van der Waals surface area contributed by atoms with Gasteiger partial charge in [0.15, 0.2) is 0 Å². The summed E-state index contributed by atoms with van der Waals surface area (Å²) in [6, 6.07) is 5.11. The fourth-order valence-electron chi connectivity index (χ4n) is 2.59. The van der Waals surface area contributed by atoms with Gasteiger partial charge < -0.3 is 15.7 Å². The first-order valence-corrected chi connectivity index (χ1v) is 8.48. The molecule has 2 rings (SSSR count). The molecule has 1 saturated heterocycles. The van der Waals surface area contributed by atoms with E-state index in [2.05, 4.69) is 4.90 Å². The van der Waals surface area contributed by atoms with Crippen LogP contribution in [0.4, 0.5) is 11.4 Å². The van der Waals surface area contributed by atoms with Gasteiger partial charge in [-0.15, -0.1) is 0 Å². The number of hydrogen-bond acceptors (Lipinski definition) is 5. The third-order valence-corrected chi connectivity index (χ3v) is 5.89. The highest BCUT2D eigenvalue weighted by atomic mass is 32.2. The van der Waals surface area contributed by atoms with Crippen LogP contribution in [0.5, 0.6) is 0 Å². The van der Waals surface area contributed by atoms with Crippen molar-refractivity contribution in [3.63, 3.8) is 0 Å². The van der Waals surface area contributed by atoms with Crippen LogP contribution in [0.15, 0.2) is 23.1 Å². The molecule has 118 valence electrons. The summed E-state index contributed by atoms with van der Waals surface area (Å²) in [6.07, 6.45) is 1.78. The van der Waals surface area contributed by atoms with E-state index in [1.54, 1.807) is 6.07 Å². The van der Waals surface area contributed by atoms with E-state index in [4.69, 9.17) is 5.73 Å². The van der Waals surface area contributed by atoms with E-state index in [1.165, 1.54) is 24.5 Å². The Labute approximate surface area is 126 Å². The fraction of sp³-hybridized carbons (Fsp3) is 0.571. The largest absolute Gasteiger partial charge is 0.396 e. The zero-order valence-electron chi connectivity index (χ0n) is 12.5. The molecule has 1 fully saturated rings. The SMILES string of the molecule is CN(C)S(=O)(=O)c1cccc(N2CCC(CO)CC2)c1N. The second kappa shape index (κ2) is 6.21. The van der Waals surface area contributed by atoms with E-state index in [1.807, 2.05) is 6.07 Å². The maximum Gasteiger partial charge on any atom is 0.244 e. The number of sulfonamides is 1. The summed E-state index contributed by atoms with van der Waals surface area (Å²) in [4.78, 5) is 2.24. The molecule has 0 aromatic heterocycles. The van der Waals surface area contributed by atoms with Crippen LogP contribution < -0.4 is 10.6 Å². The highest BCUT2D eigenvalue weighted by molar-refractivity contribution is 7.89. The first kappa shape index (κ1) is 16.1. The molecule has 0 aliphatic carbocycles. The van der Waals surface area contributed by atoms with Gasteiger partial charge in [-0.3, -0.25) is 0 Å². The van der Waals surface area contributed by atoms with Gasteiger partial charge in [0.05, 0.1) is 11.4 Å². The van der Waals surface area contributed by atoms with Gasteiger partial charge in [0.25, 0.3) is 0 Å². The Morgan fingerprint density at radius 1 is 1.33 bits per heavy atom. The van der Waals surface area contributed by atoms with Gasteiger partial charge in [-0.1, -0.05) is 6.07 Å². The van der Waals surface area contributed by atoms with Gasteiger partial charge in [0.1, 0.15) is 4.90 Å². The van der Waals surface area contributed by atoms with Crippen LogP contribution in [-0.2, 0) is 10.0 Å². The molecule has 0 atom stereocenters. The molecule has 1 heterocycles. The molecule has 0 unspecified atom stereocenters. The normalized spacial score (nSPS) is 17.4. The maximum atomic E-state index is 12.3. The van der Waals surface area contributed by atoms with Crippen LogP contribution in [0.2, 0.25) is 0 Å². The lowest BCUT2D eigenvalue weighted by Crippen LogP contribution is -2.35. The topological polar surface area (TPSA) is 86.9 Å². The molecule has 0 saturated carbocycles. The monoisotopic (exact) mass is 313 g/mol. The van der Waals surface area contributed by atoms with E-state index in [-0.39, 0.29) is 11.5 Å². The van der Waals surface area contributed by atoms with E-state index in [0.29, 0.717) is 11.6 Å². The fourth-order valence-corrected chi connectivity index (χ4v) is 3.61. The summed E-state index contributed by atoms with van der Waals surface area (Å²) in [7, 11) is -0.554. The summed E-state index contributed by atoms with van der Waals surface area (Å²) in [5, 5.41) is 9.19. The molecule has 0 radical (unpaired) electrons. The summed E-state index contributed by atoms with van der Waals surface area (Å²) in [5.41, 5.74) is 7.17. The Kier molecular flexibility index (Phi) is 4.75. The zero-order chi connectivity index (χ0) is 15.6. The number of piperidine rings is 1. The van der Waals surface area contributed by atoms with Crippen molar-refractivity contribution in [1.29, 1.82) is 0 Å². The third kappa shape index (κ3) is 3.14.